The molecular weight excluding hydrogens is 421 g/mol. The number of hydrogen-bond donors (Lipinski definition) is 0. The first-order chi connectivity index (χ1) is 10.1. The van der Waals surface area contributed by atoms with Gasteiger partial charge in [-0.15, -0.1) is 0 Å². The van der Waals surface area contributed by atoms with E-state index in [0.29, 0.717) is 22.1 Å². The Labute approximate surface area is 146 Å². The van der Waals surface area contributed by atoms with Gasteiger partial charge >= 0.3 is 0 Å². The third kappa shape index (κ3) is 3.76. The third-order valence-corrected chi connectivity index (χ3v) is 4.97. The van der Waals surface area contributed by atoms with Crippen molar-refractivity contribution in [3.05, 3.63) is 44.5 Å². The molecule has 0 unspecified atom stereocenters. The molecule has 0 aliphatic heterocycles. The summed E-state index contributed by atoms with van der Waals surface area (Å²) < 4.78 is 11.6. The number of halogens is 2. The van der Waals surface area contributed by atoms with E-state index in [1.54, 1.807) is 26.4 Å². The van der Waals surface area contributed by atoms with Crippen molar-refractivity contribution in [1.82, 2.24) is 0 Å². The van der Waals surface area contributed by atoms with E-state index in [1.807, 2.05) is 18.2 Å². The molecule has 0 bridgehead atoms. The van der Waals surface area contributed by atoms with E-state index in [4.69, 9.17) is 26.3 Å². The molecule has 0 saturated heterocycles. The van der Waals surface area contributed by atoms with Crippen LogP contribution in [0.3, 0.4) is 0 Å². The number of rotatable bonds is 4. The average Bonchev–Trinajstić information content (AvgIpc) is 2.48. The standard InChI is InChI=1S/C15H11ClINO2S/c1-19-13-7-10(6-12(17)15(13)20-2)21-14-4-3-9(8-18)5-11(14)16/h3-7H,1-2H3. The summed E-state index contributed by atoms with van der Waals surface area (Å²) in [6.07, 6.45) is 0. The van der Waals surface area contributed by atoms with Crippen molar-refractivity contribution in [1.29, 1.82) is 5.26 Å². The fraction of sp³-hybridized carbons (Fsp3) is 0.133. The van der Waals surface area contributed by atoms with Crippen molar-refractivity contribution in [2.75, 3.05) is 14.2 Å². The van der Waals surface area contributed by atoms with Crippen molar-refractivity contribution in [2.24, 2.45) is 0 Å². The Morgan fingerprint density at radius 1 is 1.19 bits per heavy atom. The summed E-state index contributed by atoms with van der Waals surface area (Å²) in [6.45, 7) is 0. The van der Waals surface area contributed by atoms with Crippen molar-refractivity contribution in [2.45, 2.75) is 9.79 Å². The van der Waals surface area contributed by atoms with Gasteiger partial charge in [0.25, 0.3) is 0 Å². The molecule has 0 amide bonds. The van der Waals surface area contributed by atoms with Gasteiger partial charge in [-0.25, -0.2) is 0 Å². The van der Waals surface area contributed by atoms with Crippen LogP contribution in [-0.2, 0) is 0 Å². The molecule has 0 fully saturated rings. The highest BCUT2D eigenvalue weighted by Crippen LogP contribution is 2.40. The first kappa shape index (κ1) is 16.3. The predicted molar refractivity (Wildman–Crippen MR) is 92.6 cm³/mol. The lowest BCUT2D eigenvalue weighted by atomic mass is 10.2. The second-order valence-electron chi connectivity index (χ2n) is 4.00. The lowest BCUT2D eigenvalue weighted by Gasteiger charge is -2.12. The van der Waals surface area contributed by atoms with Gasteiger partial charge in [0.2, 0.25) is 0 Å². The van der Waals surface area contributed by atoms with E-state index < -0.39 is 0 Å². The SMILES string of the molecule is COc1cc(Sc2ccc(C#N)cc2Cl)cc(I)c1OC. The van der Waals surface area contributed by atoms with E-state index in [1.165, 1.54) is 11.8 Å². The molecule has 2 aromatic carbocycles. The Hall–Kier alpha value is -1.10. The number of benzene rings is 2. The van der Waals surface area contributed by atoms with Gasteiger partial charge in [0.15, 0.2) is 11.5 Å². The summed E-state index contributed by atoms with van der Waals surface area (Å²) in [5, 5.41) is 9.42. The minimum atomic E-state index is 0.547. The van der Waals surface area contributed by atoms with Gasteiger partial charge in [-0.05, 0) is 52.9 Å². The molecule has 0 N–H and O–H groups in total. The van der Waals surface area contributed by atoms with E-state index in [0.717, 1.165) is 13.4 Å². The van der Waals surface area contributed by atoms with Crippen LogP contribution >= 0.6 is 46.0 Å². The quantitative estimate of drug-likeness (QED) is 0.640. The predicted octanol–water partition coefficient (Wildman–Crippen LogP) is 4.98. The zero-order valence-corrected chi connectivity index (χ0v) is 15.0. The van der Waals surface area contributed by atoms with E-state index in [9.17, 15) is 0 Å². The zero-order chi connectivity index (χ0) is 15.4. The lowest BCUT2D eigenvalue weighted by molar-refractivity contribution is 0.352. The van der Waals surface area contributed by atoms with Crippen LogP contribution in [0.15, 0.2) is 40.1 Å². The smallest absolute Gasteiger partial charge is 0.174 e. The van der Waals surface area contributed by atoms with Gasteiger partial charge in [0.05, 0.1) is 34.4 Å². The Balaban J connectivity index is 2.36. The molecular formula is C15H11ClINO2S. The van der Waals surface area contributed by atoms with Gasteiger partial charge in [0, 0.05) is 9.79 Å². The second-order valence-corrected chi connectivity index (χ2v) is 6.68. The molecule has 21 heavy (non-hydrogen) atoms. The second kappa shape index (κ2) is 7.25. The normalized spacial score (nSPS) is 10.0. The van der Waals surface area contributed by atoms with E-state index >= 15 is 0 Å². The summed E-state index contributed by atoms with van der Waals surface area (Å²) in [6, 6.07) is 11.2. The highest BCUT2D eigenvalue weighted by molar-refractivity contribution is 14.1. The maximum absolute atomic E-state index is 8.86. The first-order valence-corrected chi connectivity index (χ1v) is 8.15. The number of nitrogens with zero attached hydrogens (tertiary/aromatic N) is 1. The Morgan fingerprint density at radius 3 is 2.52 bits per heavy atom. The fourth-order valence-electron chi connectivity index (χ4n) is 1.73. The van der Waals surface area contributed by atoms with Crippen LogP contribution in [0.25, 0.3) is 0 Å². The molecule has 0 radical (unpaired) electrons. The summed E-state index contributed by atoms with van der Waals surface area (Å²) >= 11 is 9.92. The van der Waals surface area contributed by atoms with Gasteiger partial charge in [0.1, 0.15) is 0 Å². The molecule has 2 rings (SSSR count). The molecule has 0 aromatic heterocycles. The molecule has 0 atom stereocenters. The monoisotopic (exact) mass is 431 g/mol. The third-order valence-electron chi connectivity index (χ3n) is 2.70. The summed E-state index contributed by atoms with van der Waals surface area (Å²) in [5.74, 6) is 1.39. The van der Waals surface area contributed by atoms with Crippen LogP contribution < -0.4 is 9.47 Å². The molecule has 0 saturated carbocycles. The van der Waals surface area contributed by atoms with E-state index in [2.05, 4.69) is 28.7 Å². The van der Waals surface area contributed by atoms with Crippen LogP contribution in [0, 0.1) is 14.9 Å². The first-order valence-electron chi connectivity index (χ1n) is 5.88. The molecule has 0 aliphatic carbocycles. The van der Waals surface area contributed by atoms with E-state index in [-0.39, 0.29) is 0 Å². The number of ether oxygens (including phenoxy) is 2. The largest absolute Gasteiger partial charge is 0.493 e. The van der Waals surface area contributed by atoms with Crippen molar-refractivity contribution >= 4 is 46.0 Å². The minimum Gasteiger partial charge on any atom is -0.493 e. The van der Waals surface area contributed by atoms with Crippen molar-refractivity contribution < 1.29 is 9.47 Å². The van der Waals surface area contributed by atoms with Crippen LogP contribution in [-0.4, -0.2) is 14.2 Å². The van der Waals surface area contributed by atoms with Gasteiger partial charge < -0.3 is 9.47 Å². The average molecular weight is 432 g/mol. The Bertz CT molecular complexity index is 716. The summed E-state index contributed by atoms with van der Waals surface area (Å²) in [5.41, 5.74) is 0.547. The molecule has 3 nitrogen and oxygen atoms in total. The van der Waals surface area contributed by atoms with Gasteiger partial charge in [-0.2, -0.15) is 5.26 Å². The van der Waals surface area contributed by atoms with Gasteiger partial charge in [-0.3, -0.25) is 0 Å². The lowest BCUT2D eigenvalue weighted by Crippen LogP contribution is -1.93. The number of methoxy groups -OCH3 is 2. The van der Waals surface area contributed by atoms with Crippen LogP contribution in [0.4, 0.5) is 0 Å². The Morgan fingerprint density at radius 2 is 1.95 bits per heavy atom. The maximum atomic E-state index is 8.86. The summed E-state index contributed by atoms with van der Waals surface area (Å²) in [4.78, 5) is 1.88. The highest BCUT2D eigenvalue weighted by Gasteiger charge is 2.12. The summed E-state index contributed by atoms with van der Waals surface area (Å²) in [7, 11) is 3.22. The highest BCUT2D eigenvalue weighted by atomic mass is 127. The molecule has 2 aromatic rings. The zero-order valence-electron chi connectivity index (χ0n) is 11.3. The van der Waals surface area contributed by atoms with Crippen LogP contribution in [0.1, 0.15) is 5.56 Å². The minimum absolute atomic E-state index is 0.547. The number of nitriles is 1. The molecule has 0 heterocycles. The number of hydrogen-bond acceptors (Lipinski definition) is 4. The molecule has 0 spiro atoms. The van der Waals surface area contributed by atoms with Crippen molar-refractivity contribution in [3.63, 3.8) is 0 Å². The maximum Gasteiger partial charge on any atom is 0.174 e. The molecule has 6 heteroatoms. The van der Waals surface area contributed by atoms with Gasteiger partial charge in [-0.1, -0.05) is 23.4 Å². The van der Waals surface area contributed by atoms with Crippen LogP contribution in [0.2, 0.25) is 5.02 Å². The Kier molecular flexibility index (Phi) is 5.62. The molecule has 108 valence electrons. The van der Waals surface area contributed by atoms with Crippen LogP contribution in [0.5, 0.6) is 11.5 Å². The topological polar surface area (TPSA) is 42.2 Å². The molecule has 0 aliphatic rings. The fourth-order valence-corrected chi connectivity index (χ4v) is 3.95. The van der Waals surface area contributed by atoms with Crippen molar-refractivity contribution in [3.8, 4) is 17.6 Å².